The third-order valence-electron chi connectivity index (χ3n) is 4.43. The minimum atomic E-state index is -1.10. The van der Waals surface area contributed by atoms with E-state index in [1.165, 1.54) is 12.7 Å². The quantitative estimate of drug-likeness (QED) is 0.463. The van der Waals surface area contributed by atoms with E-state index in [1.807, 2.05) is 14.1 Å². The molecule has 1 amide bonds. The molecule has 3 heterocycles. The lowest BCUT2D eigenvalue weighted by Crippen LogP contribution is -2.49. The summed E-state index contributed by atoms with van der Waals surface area (Å²) in [6.45, 7) is 1.36. The van der Waals surface area contributed by atoms with Gasteiger partial charge in [-0.15, -0.1) is 0 Å². The topological polar surface area (TPSA) is 152 Å². The summed E-state index contributed by atoms with van der Waals surface area (Å²) in [6.07, 6.45) is 0.282. The molecular weight excluding hydrogens is 354 g/mol. The highest BCUT2D eigenvalue weighted by Crippen LogP contribution is 2.32. The number of amides is 1. The molecular formula is C16H25N7O4. The molecule has 3 rings (SSSR count). The van der Waals surface area contributed by atoms with Crippen molar-refractivity contribution in [1.82, 2.24) is 24.8 Å². The summed E-state index contributed by atoms with van der Waals surface area (Å²) in [4.78, 5) is 26.6. The zero-order valence-electron chi connectivity index (χ0n) is 15.5. The van der Waals surface area contributed by atoms with Gasteiger partial charge in [-0.25, -0.2) is 15.0 Å². The number of aliphatic hydroxyl groups excluding tert-OH is 2. The van der Waals surface area contributed by atoms with Crippen molar-refractivity contribution in [3.63, 3.8) is 0 Å². The van der Waals surface area contributed by atoms with Gasteiger partial charge in [0.05, 0.1) is 19.0 Å². The van der Waals surface area contributed by atoms with Crippen LogP contribution in [0.2, 0.25) is 0 Å². The Hall–Kier alpha value is -2.34. The van der Waals surface area contributed by atoms with Gasteiger partial charge in [0.1, 0.15) is 18.5 Å². The maximum Gasteiger partial charge on any atom is 0.221 e. The van der Waals surface area contributed by atoms with Gasteiger partial charge in [-0.3, -0.25) is 9.36 Å². The number of ether oxygens (including phenoxy) is 1. The van der Waals surface area contributed by atoms with Crippen LogP contribution in [0, 0.1) is 0 Å². The van der Waals surface area contributed by atoms with Gasteiger partial charge in [-0.1, -0.05) is 0 Å². The standard InChI is InChI=1S/C16H25N7O4/c1-8(17)4-10(25)21-11-9(5-24)27-16(13(11)26)23-7-20-12-14(22(2)3)18-6-19-15(12)23/h6-9,11,13,16,24,26H,4-5,17H2,1-3H3,(H,21,25)/t8-,9+,11+,13+,16?/m0/s1. The van der Waals surface area contributed by atoms with E-state index >= 15 is 0 Å². The van der Waals surface area contributed by atoms with Crippen molar-refractivity contribution in [3.8, 4) is 0 Å². The smallest absolute Gasteiger partial charge is 0.221 e. The average molecular weight is 379 g/mol. The molecule has 5 atom stereocenters. The van der Waals surface area contributed by atoms with Crippen molar-refractivity contribution in [3.05, 3.63) is 12.7 Å². The van der Waals surface area contributed by atoms with Gasteiger partial charge in [0.25, 0.3) is 0 Å². The molecule has 11 nitrogen and oxygen atoms in total. The number of rotatable bonds is 6. The van der Waals surface area contributed by atoms with Crippen LogP contribution in [-0.4, -0.2) is 80.6 Å². The van der Waals surface area contributed by atoms with Gasteiger partial charge in [0.2, 0.25) is 5.91 Å². The lowest BCUT2D eigenvalue weighted by Gasteiger charge is -2.21. The molecule has 0 spiro atoms. The van der Waals surface area contributed by atoms with E-state index in [9.17, 15) is 15.0 Å². The van der Waals surface area contributed by atoms with Crippen LogP contribution in [0.15, 0.2) is 12.7 Å². The van der Waals surface area contributed by atoms with Crippen LogP contribution in [0.4, 0.5) is 5.82 Å². The van der Waals surface area contributed by atoms with Gasteiger partial charge in [0, 0.05) is 26.6 Å². The van der Waals surface area contributed by atoms with Crippen LogP contribution in [0.25, 0.3) is 11.2 Å². The van der Waals surface area contributed by atoms with Crippen molar-refractivity contribution in [2.24, 2.45) is 5.73 Å². The molecule has 0 radical (unpaired) electrons. The first-order valence-electron chi connectivity index (χ1n) is 8.67. The molecule has 5 N–H and O–H groups in total. The molecule has 1 fully saturated rings. The largest absolute Gasteiger partial charge is 0.394 e. The van der Waals surface area contributed by atoms with Crippen molar-refractivity contribution in [2.75, 3.05) is 25.6 Å². The average Bonchev–Trinajstić information content (AvgIpc) is 3.15. The number of hydrogen-bond donors (Lipinski definition) is 4. The molecule has 27 heavy (non-hydrogen) atoms. The molecule has 0 aromatic carbocycles. The molecule has 2 aromatic rings. The van der Waals surface area contributed by atoms with Gasteiger partial charge in [-0.05, 0) is 6.92 Å². The maximum absolute atomic E-state index is 12.1. The summed E-state index contributed by atoms with van der Waals surface area (Å²) in [5.74, 6) is 0.316. The van der Waals surface area contributed by atoms with E-state index in [-0.39, 0.29) is 25.0 Å². The van der Waals surface area contributed by atoms with E-state index in [1.54, 1.807) is 16.4 Å². The number of nitrogens with one attached hydrogen (secondary N) is 1. The highest BCUT2D eigenvalue weighted by atomic mass is 16.5. The van der Waals surface area contributed by atoms with E-state index in [0.29, 0.717) is 17.0 Å². The third-order valence-corrected chi connectivity index (χ3v) is 4.43. The van der Waals surface area contributed by atoms with Gasteiger partial charge in [0.15, 0.2) is 23.2 Å². The van der Waals surface area contributed by atoms with Crippen LogP contribution < -0.4 is 16.0 Å². The Morgan fingerprint density at radius 1 is 1.44 bits per heavy atom. The molecule has 1 aliphatic heterocycles. The maximum atomic E-state index is 12.1. The monoisotopic (exact) mass is 379 g/mol. The molecule has 148 valence electrons. The fourth-order valence-corrected chi connectivity index (χ4v) is 3.20. The van der Waals surface area contributed by atoms with Crippen molar-refractivity contribution in [1.29, 1.82) is 0 Å². The Balaban J connectivity index is 1.88. The third kappa shape index (κ3) is 3.72. The second kappa shape index (κ2) is 7.72. The number of aliphatic hydroxyl groups is 2. The van der Waals surface area contributed by atoms with E-state index < -0.39 is 24.5 Å². The van der Waals surface area contributed by atoms with Crippen molar-refractivity contribution >= 4 is 22.9 Å². The minimum Gasteiger partial charge on any atom is -0.394 e. The highest BCUT2D eigenvalue weighted by Gasteiger charge is 2.45. The Kier molecular flexibility index (Phi) is 5.56. The Morgan fingerprint density at radius 2 is 2.19 bits per heavy atom. The predicted octanol–water partition coefficient (Wildman–Crippen LogP) is -1.63. The molecule has 0 aliphatic carbocycles. The summed E-state index contributed by atoms with van der Waals surface area (Å²) >= 11 is 0. The zero-order valence-corrected chi connectivity index (χ0v) is 15.5. The number of nitrogens with two attached hydrogens (primary N) is 1. The highest BCUT2D eigenvalue weighted by molar-refractivity contribution is 5.83. The van der Waals surface area contributed by atoms with E-state index in [0.717, 1.165) is 0 Å². The van der Waals surface area contributed by atoms with Crippen LogP contribution in [0.1, 0.15) is 19.6 Å². The van der Waals surface area contributed by atoms with Gasteiger partial charge >= 0.3 is 0 Å². The Labute approximate surface area is 156 Å². The Bertz CT molecular complexity index is 809. The van der Waals surface area contributed by atoms with Crippen LogP contribution in [0.3, 0.4) is 0 Å². The molecule has 0 saturated carbocycles. The number of hydrogen-bond acceptors (Lipinski definition) is 9. The summed E-state index contributed by atoms with van der Waals surface area (Å²) in [7, 11) is 3.68. The second-order valence-electron chi connectivity index (χ2n) is 6.93. The Morgan fingerprint density at radius 3 is 2.81 bits per heavy atom. The number of carbonyl (C=O) groups excluding carboxylic acids is 1. The van der Waals surface area contributed by atoms with Gasteiger partial charge in [-0.2, -0.15) is 0 Å². The molecule has 1 aliphatic rings. The normalized spacial score (nSPS) is 26.3. The fraction of sp³-hybridized carbons (Fsp3) is 0.625. The first kappa shape index (κ1) is 19.4. The van der Waals surface area contributed by atoms with Crippen molar-refractivity contribution in [2.45, 2.75) is 43.9 Å². The van der Waals surface area contributed by atoms with Crippen LogP contribution in [-0.2, 0) is 9.53 Å². The van der Waals surface area contributed by atoms with Crippen LogP contribution in [0.5, 0.6) is 0 Å². The molecule has 1 saturated heterocycles. The molecule has 11 heteroatoms. The number of nitrogens with zero attached hydrogens (tertiary/aromatic N) is 5. The SMILES string of the molecule is C[C@H](N)CC(=O)N[C@@H]1[C@@H](CO)OC(n2cnc3c(N(C)C)ncnc32)[C@@H]1O. The molecule has 2 aromatic heterocycles. The number of imidazole rings is 1. The first-order valence-corrected chi connectivity index (χ1v) is 8.67. The summed E-state index contributed by atoms with van der Waals surface area (Å²) in [5, 5.41) is 23.1. The number of anilines is 1. The zero-order chi connectivity index (χ0) is 19.7. The first-order chi connectivity index (χ1) is 12.8. The van der Waals surface area contributed by atoms with E-state index in [2.05, 4.69) is 20.3 Å². The number of carbonyl (C=O) groups is 1. The summed E-state index contributed by atoms with van der Waals surface area (Å²) in [6, 6.07) is -1.09. The summed E-state index contributed by atoms with van der Waals surface area (Å²) < 4.78 is 7.38. The lowest BCUT2D eigenvalue weighted by atomic mass is 10.1. The lowest BCUT2D eigenvalue weighted by molar-refractivity contribution is -0.123. The van der Waals surface area contributed by atoms with Gasteiger partial charge < -0.3 is 30.9 Å². The molecule has 0 bridgehead atoms. The van der Waals surface area contributed by atoms with Crippen LogP contribution >= 0.6 is 0 Å². The fourth-order valence-electron chi connectivity index (χ4n) is 3.20. The number of fused-ring (bicyclic) bond motifs is 1. The second-order valence-corrected chi connectivity index (χ2v) is 6.93. The summed E-state index contributed by atoms with van der Waals surface area (Å²) in [5.41, 5.74) is 6.68. The van der Waals surface area contributed by atoms with Crippen molar-refractivity contribution < 1.29 is 19.7 Å². The number of aromatic nitrogens is 4. The molecule has 1 unspecified atom stereocenters. The van der Waals surface area contributed by atoms with E-state index in [4.69, 9.17) is 10.5 Å². The minimum absolute atomic E-state index is 0.111. The predicted molar refractivity (Wildman–Crippen MR) is 96.8 cm³/mol.